The quantitative estimate of drug-likeness (QED) is 0.732. The molecule has 1 fully saturated rings. The lowest BCUT2D eigenvalue weighted by Gasteiger charge is -2.19. The summed E-state index contributed by atoms with van der Waals surface area (Å²) < 4.78 is 0. The van der Waals surface area contributed by atoms with Crippen molar-refractivity contribution in [2.45, 2.75) is 13.2 Å². The fraction of sp³-hybridized carbons (Fsp3) is 0.400. The fourth-order valence-corrected chi connectivity index (χ4v) is 1.68. The van der Waals surface area contributed by atoms with Gasteiger partial charge in [0.15, 0.2) is 6.23 Å². The van der Waals surface area contributed by atoms with E-state index in [1.807, 2.05) is 13.0 Å². The van der Waals surface area contributed by atoms with Crippen LogP contribution in [0.5, 0.6) is 0 Å². The zero-order valence-corrected chi connectivity index (χ0v) is 8.71. The predicted octanol–water partition coefficient (Wildman–Crippen LogP) is 0.580. The van der Waals surface area contributed by atoms with Crippen LogP contribution in [0.2, 0.25) is 0 Å². The van der Waals surface area contributed by atoms with Crippen LogP contribution in [0.1, 0.15) is 5.56 Å². The molecule has 0 bridgehead atoms. The van der Waals surface area contributed by atoms with E-state index in [9.17, 15) is 9.90 Å². The molecule has 80 valence electrons. The van der Waals surface area contributed by atoms with Crippen molar-refractivity contribution >= 4 is 11.8 Å². The number of aryl methyl sites for hydroxylation is 1. The number of aliphatic hydroxyl groups is 1. The molecule has 2 amide bonds. The molecule has 1 aromatic rings. The Morgan fingerprint density at radius 3 is 2.87 bits per heavy atom. The van der Waals surface area contributed by atoms with Crippen molar-refractivity contribution in [3.8, 4) is 0 Å². The maximum absolute atomic E-state index is 11.7. The second kappa shape index (κ2) is 3.51. The number of hydrogen-bond acceptors (Lipinski definition) is 3. The van der Waals surface area contributed by atoms with Gasteiger partial charge in [0.2, 0.25) is 0 Å². The van der Waals surface area contributed by atoms with E-state index in [4.69, 9.17) is 0 Å². The minimum absolute atomic E-state index is 0.218. The molecule has 2 rings (SSSR count). The van der Waals surface area contributed by atoms with Gasteiger partial charge in [-0.05, 0) is 18.6 Å². The average Bonchev–Trinajstić information content (AvgIpc) is 2.43. The number of carbonyl (C=O) groups is 1. The molecule has 1 N–H and O–H groups in total. The molecule has 1 aromatic heterocycles. The molecular formula is C10H13N3O2. The summed E-state index contributed by atoms with van der Waals surface area (Å²) in [6.07, 6.45) is 0.803. The van der Waals surface area contributed by atoms with Gasteiger partial charge in [0.1, 0.15) is 5.82 Å². The number of amides is 2. The molecule has 5 heteroatoms. The van der Waals surface area contributed by atoms with E-state index in [2.05, 4.69) is 4.98 Å². The van der Waals surface area contributed by atoms with Gasteiger partial charge in [-0.1, -0.05) is 6.07 Å². The van der Waals surface area contributed by atoms with Gasteiger partial charge in [-0.3, -0.25) is 0 Å². The highest BCUT2D eigenvalue weighted by Gasteiger charge is 2.36. The van der Waals surface area contributed by atoms with Crippen LogP contribution in [0.25, 0.3) is 0 Å². The number of hydrogen-bond donors (Lipinski definition) is 1. The van der Waals surface area contributed by atoms with E-state index in [1.54, 1.807) is 19.3 Å². The maximum Gasteiger partial charge on any atom is 0.327 e. The smallest absolute Gasteiger partial charge is 0.327 e. The molecule has 0 aliphatic carbocycles. The summed E-state index contributed by atoms with van der Waals surface area (Å²) in [7, 11) is 1.66. The molecule has 2 heterocycles. The zero-order chi connectivity index (χ0) is 11.0. The number of β-amino-alcohol motifs (C(OH)–C–C–N with tert-alkyl or cyclic N) is 1. The van der Waals surface area contributed by atoms with Crippen molar-refractivity contribution < 1.29 is 9.90 Å². The van der Waals surface area contributed by atoms with Gasteiger partial charge in [0.25, 0.3) is 0 Å². The summed E-state index contributed by atoms with van der Waals surface area (Å²) in [5.74, 6) is 0.527. The number of nitrogens with zero attached hydrogens (tertiary/aromatic N) is 3. The third-order valence-electron chi connectivity index (χ3n) is 2.48. The van der Waals surface area contributed by atoms with E-state index in [-0.39, 0.29) is 6.03 Å². The normalized spacial score (nSPS) is 21.3. The van der Waals surface area contributed by atoms with Crippen LogP contribution in [0, 0.1) is 6.92 Å². The summed E-state index contributed by atoms with van der Waals surface area (Å²) in [4.78, 5) is 18.6. The number of carbonyl (C=O) groups excluding carboxylic acids is 1. The highest BCUT2D eigenvalue weighted by molar-refractivity contribution is 5.94. The van der Waals surface area contributed by atoms with Crippen LogP contribution in [0.3, 0.4) is 0 Å². The minimum atomic E-state index is -0.809. The largest absolute Gasteiger partial charge is 0.371 e. The van der Waals surface area contributed by atoms with Crippen molar-refractivity contribution in [1.82, 2.24) is 9.88 Å². The van der Waals surface area contributed by atoms with Crippen molar-refractivity contribution in [3.05, 3.63) is 23.9 Å². The number of rotatable bonds is 1. The predicted molar refractivity (Wildman–Crippen MR) is 55.5 cm³/mol. The highest BCUT2D eigenvalue weighted by Crippen LogP contribution is 2.23. The van der Waals surface area contributed by atoms with Crippen LogP contribution in [-0.4, -0.2) is 40.8 Å². The second-order valence-corrected chi connectivity index (χ2v) is 3.66. The number of pyridine rings is 1. The van der Waals surface area contributed by atoms with E-state index < -0.39 is 6.23 Å². The van der Waals surface area contributed by atoms with Crippen LogP contribution in [-0.2, 0) is 0 Å². The van der Waals surface area contributed by atoms with Crippen molar-refractivity contribution in [2.24, 2.45) is 0 Å². The summed E-state index contributed by atoms with van der Waals surface area (Å²) in [6, 6.07) is 3.44. The molecule has 0 saturated carbocycles. The van der Waals surface area contributed by atoms with Crippen LogP contribution in [0.4, 0.5) is 10.6 Å². The van der Waals surface area contributed by atoms with E-state index >= 15 is 0 Å². The lowest BCUT2D eigenvalue weighted by molar-refractivity contribution is 0.183. The van der Waals surface area contributed by atoms with Gasteiger partial charge in [0.05, 0.1) is 6.54 Å². The third-order valence-corrected chi connectivity index (χ3v) is 2.48. The monoisotopic (exact) mass is 207 g/mol. The molecule has 1 atom stereocenters. The third kappa shape index (κ3) is 1.55. The van der Waals surface area contributed by atoms with Gasteiger partial charge in [-0.25, -0.2) is 14.7 Å². The Kier molecular flexibility index (Phi) is 2.32. The molecule has 0 radical (unpaired) electrons. The Morgan fingerprint density at radius 1 is 1.60 bits per heavy atom. The molecular weight excluding hydrogens is 194 g/mol. The SMILES string of the molecule is Cc1cccnc1N1C(=O)N(C)CC1O. The standard InChI is InChI=1S/C10H13N3O2/c1-7-4-3-5-11-9(7)13-8(14)6-12(2)10(13)15/h3-5,8,14H,6H2,1-2H3. The Hall–Kier alpha value is -1.62. The second-order valence-electron chi connectivity index (χ2n) is 3.66. The lowest BCUT2D eigenvalue weighted by Crippen LogP contribution is -2.35. The Labute approximate surface area is 87.9 Å². The lowest BCUT2D eigenvalue weighted by atomic mass is 10.3. The number of aliphatic hydroxyl groups excluding tert-OH is 1. The topological polar surface area (TPSA) is 56.7 Å². The van der Waals surface area contributed by atoms with E-state index in [0.29, 0.717) is 12.4 Å². The Morgan fingerprint density at radius 2 is 2.33 bits per heavy atom. The van der Waals surface area contributed by atoms with E-state index in [1.165, 1.54) is 9.80 Å². The first-order valence-electron chi connectivity index (χ1n) is 4.75. The number of aromatic nitrogens is 1. The van der Waals surface area contributed by atoms with E-state index in [0.717, 1.165) is 5.56 Å². The summed E-state index contributed by atoms with van der Waals surface area (Å²) in [5, 5.41) is 9.73. The molecule has 0 spiro atoms. The number of likely N-dealkylation sites (N-methyl/N-ethyl adjacent to an activating group) is 1. The minimum Gasteiger partial charge on any atom is -0.371 e. The molecule has 1 unspecified atom stereocenters. The maximum atomic E-state index is 11.7. The van der Waals surface area contributed by atoms with Gasteiger partial charge in [-0.15, -0.1) is 0 Å². The number of urea groups is 1. The van der Waals surface area contributed by atoms with Gasteiger partial charge >= 0.3 is 6.03 Å². The Bertz CT molecular complexity index is 394. The first-order valence-corrected chi connectivity index (χ1v) is 4.75. The Balaban J connectivity index is 2.39. The van der Waals surface area contributed by atoms with Gasteiger partial charge in [-0.2, -0.15) is 0 Å². The molecule has 1 saturated heterocycles. The molecule has 1 aliphatic heterocycles. The van der Waals surface area contributed by atoms with Crippen molar-refractivity contribution in [2.75, 3.05) is 18.5 Å². The first kappa shape index (κ1) is 9.92. The summed E-state index contributed by atoms with van der Waals surface area (Å²) in [5.41, 5.74) is 0.875. The zero-order valence-electron chi connectivity index (χ0n) is 8.71. The summed E-state index contributed by atoms with van der Waals surface area (Å²) >= 11 is 0. The van der Waals surface area contributed by atoms with Crippen LogP contribution < -0.4 is 4.90 Å². The fourth-order valence-electron chi connectivity index (χ4n) is 1.68. The molecule has 1 aliphatic rings. The summed E-state index contributed by atoms with van der Waals surface area (Å²) in [6.45, 7) is 2.18. The van der Waals surface area contributed by atoms with Gasteiger partial charge in [0, 0.05) is 13.2 Å². The average molecular weight is 207 g/mol. The van der Waals surface area contributed by atoms with Gasteiger partial charge < -0.3 is 10.0 Å². The van der Waals surface area contributed by atoms with Crippen molar-refractivity contribution in [3.63, 3.8) is 0 Å². The van der Waals surface area contributed by atoms with Crippen LogP contribution in [0.15, 0.2) is 18.3 Å². The van der Waals surface area contributed by atoms with Crippen LogP contribution >= 0.6 is 0 Å². The van der Waals surface area contributed by atoms with Crippen molar-refractivity contribution in [1.29, 1.82) is 0 Å². The first-order chi connectivity index (χ1) is 7.11. The molecule has 0 aromatic carbocycles. The molecule has 15 heavy (non-hydrogen) atoms. The highest BCUT2D eigenvalue weighted by atomic mass is 16.3. The molecule has 5 nitrogen and oxygen atoms in total. The number of anilines is 1.